The lowest BCUT2D eigenvalue weighted by Gasteiger charge is -2.22. The zero-order chi connectivity index (χ0) is 19.0. The maximum absolute atomic E-state index is 12.1. The zero-order valence-electron chi connectivity index (χ0n) is 16.2. The number of aromatic nitrogens is 1. The molecule has 0 saturated heterocycles. The molecular weight excluding hydrogens is 350 g/mol. The first-order chi connectivity index (χ1) is 12.3. The lowest BCUT2D eigenvalue weighted by molar-refractivity contribution is 0.0956. The summed E-state index contributed by atoms with van der Waals surface area (Å²) >= 11 is 1.21. The van der Waals surface area contributed by atoms with Gasteiger partial charge >= 0.3 is 0 Å². The van der Waals surface area contributed by atoms with Crippen molar-refractivity contribution in [2.75, 3.05) is 19.7 Å². The lowest BCUT2D eigenvalue weighted by atomic mass is 10.0. The third-order valence-electron chi connectivity index (χ3n) is 4.52. The van der Waals surface area contributed by atoms with E-state index in [1.807, 2.05) is 20.8 Å². The first-order valence-corrected chi connectivity index (χ1v) is 10.4. The number of thiazole rings is 1. The van der Waals surface area contributed by atoms with Gasteiger partial charge in [0.1, 0.15) is 17.6 Å². The van der Waals surface area contributed by atoms with Crippen LogP contribution in [0.4, 0.5) is 0 Å². The maximum atomic E-state index is 12.1. The van der Waals surface area contributed by atoms with E-state index < -0.39 is 6.10 Å². The molecule has 148 valence electrons. The van der Waals surface area contributed by atoms with Crippen LogP contribution in [0.25, 0.3) is 0 Å². The molecule has 1 aromatic heterocycles. The van der Waals surface area contributed by atoms with Gasteiger partial charge in [-0.3, -0.25) is 4.79 Å². The molecule has 1 unspecified atom stereocenters. The van der Waals surface area contributed by atoms with E-state index in [1.165, 1.54) is 49.6 Å². The fourth-order valence-electron chi connectivity index (χ4n) is 3.06. The number of hydrogen-bond acceptors (Lipinski definition) is 6. The average Bonchev–Trinajstić information content (AvgIpc) is 3.25. The van der Waals surface area contributed by atoms with Gasteiger partial charge in [-0.1, -0.05) is 37.0 Å². The predicted octanol–water partition coefficient (Wildman–Crippen LogP) is 2.97. The number of aliphatic hydroxyl groups is 1. The van der Waals surface area contributed by atoms with Crippen LogP contribution in [-0.2, 0) is 0 Å². The molecule has 1 aliphatic carbocycles. The molecule has 3 N–H and O–H groups in total. The van der Waals surface area contributed by atoms with Gasteiger partial charge in [-0.25, -0.2) is 4.98 Å². The van der Waals surface area contributed by atoms with Crippen molar-refractivity contribution in [3.63, 3.8) is 0 Å². The Hall–Kier alpha value is -1.18. The van der Waals surface area contributed by atoms with Crippen LogP contribution in [0.15, 0.2) is 6.20 Å². The third kappa shape index (κ3) is 8.01. The molecule has 0 aliphatic heterocycles. The molecule has 1 saturated carbocycles. The van der Waals surface area contributed by atoms with E-state index in [4.69, 9.17) is 4.74 Å². The fraction of sp³-hybridized carbons (Fsp3) is 0.789. The Balaban J connectivity index is 1.63. The van der Waals surface area contributed by atoms with E-state index in [0.29, 0.717) is 23.2 Å². The highest BCUT2D eigenvalue weighted by Crippen LogP contribution is 2.28. The Bertz CT molecular complexity index is 550. The van der Waals surface area contributed by atoms with Crippen LogP contribution in [0.2, 0.25) is 0 Å². The summed E-state index contributed by atoms with van der Waals surface area (Å²) < 4.78 is 5.49. The van der Waals surface area contributed by atoms with Gasteiger partial charge in [0.15, 0.2) is 0 Å². The SMILES string of the molecule is CC(C)(C)NCC(O)COc1ncc(C(=O)NCCCC2CCCC2)s1. The molecule has 0 radical (unpaired) electrons. The molecule has 1 aromatic rings. The summed E-state index contributed by atoms with van der Waals surface area (Å²) in [5.74, 6) is 0.758. The van der Waals surface area contributed by atoms with Crippen molar-refractivity contribution in [1.82, 2.24) is 15.6 Å². The summed E-state index contributed by atoms with van der Waals surface area (Å²) in [5, 5.41) is 16.5. The molecule has 0 spiro atoms. The van der Waals surface area contributed by atoms with Crippen LogP contribution in [0.5, 0.6) is 5.19 Å². The predicted molar refractivity (Wildman–Crippen MR) is 105 cm³/mol. The zero-order valence-corrected chi connectivity index (χ0v) is 17.0. The number of nitrogens with zero attached hydrogens (tertiary/aromatic N) is 1. The Kier molecular flexibility index (Phi) is 8.31. The fourth-order valence-corrected chi connectivity index (χ4v) is 3.75. The Morgan fingerprint density at radius 3 is 2.85 bits per heavy atom. The number of ether oxygens (including phenoxy) is 1. The van der Waals surface area contributed by atoms with Crippen LogP contribution in [-0.4, -0.2) is 47.3 Å². The monoisotopic (exact) mass is 383 g/mol. The van der Waals surface area contributed by atoms with Gasteiger partial charge in [-0.2, -0.15) is 0 Å². The molecule has 0 aromatic carbocycles. The maximum Gasteiger partial charge on any atom is 0.273 e. The number of carbonyl (C=O) groups excluding carboxylic acids is 1. The molecule has 7 heteroatoms. The number of amides is 1. The molecule has 1 aliphatic rings. The Morgan fingerprint density at radius 2 is 2.15 bits per heavy atom. The number of aliphatic hydroxyl groups excluding tert-OH is 1. The quantitative estimate of drug-likeness (QED) is 0.541. The van der Waals surface area contributed by atoms with Gasteiger partial charge in [0.25, 0.3) is 11.1 Å². The minimum atomic E-state index is -0.619. The van der Waals surface area contributed by atoms with E-state index in [-0.39, 0.29) is 18.1 Å². The van der Waals surface area contributed by atoms with Gasteiger partial charge in [0.05, 0.1) is 6.20 Å². The summed E-state index contributed by atoms with van der Waals surface area (Å²) in [4.78, 5) is 16.8. The number of β-amino-alcohol motifs (C(OH)–C–C–N with tert-alkyl or cyclic N) is 1. The summed E-state index contributed by atoms with van der Waals surface area (Å²) in [6.45, 7) is 7.43. The number of nitrogens with one attached hydrogen (secondary N) is 2. The molecule has 1 amide bonds. The van der Waals surface area contributed by atoms with Crippen LogP contribution in [0.1, 0.15) is 69.0 Å². The largest absolute Gasteiger partial charge is 0.467 e. The van der Waals surface area contributed by atoms with E-state index in [2.05, 4.69) is 15.6 Å². The molecule has 26 heavy (non-hydrogen) atoms. The van der Waals surface area contributed by atoms with Crippen molar-refractivity contribution in [3.05, 3.63) is 11.1 Å². The highest BCUT2D eigenvalue weighted by Gasteiger charge is 2.16. The summed E-state index contributed by atoms with van der Waals surface area (Å²) in [7, 11) is 0. The van der Waals surface area contributed by atoms with Crippen molar-refractivity contribution in [2.24, 2.45) is 5.92 Å². The van der Waals surface area contributed by atoms with E-state index in [1.54, 1.807) is 0 Å². The van der Waals surface area contributed by atoms with E-state index >= 15 is 0 Å². The topological polar surface area (TPSA) is 83.5 Å². The number of rotatable bonds is 10. The van der Waals surface area contributed by atoms with Crippen LogP contribution < -0.4 is 15.4 Å². The van der Waals surface area contributed by atoms with Crippen LogP contribution >= 0.6 is 11.3 Å². The minimum Gasteiger partial charge on any atom is -0.467 e. The second kappa shape index (κ2) is 10.2. The number of hydrogen-bond donors (Lipinski definition) is 3. The molecule has 1 atom stereocenters. The first kappa shape index (κ1) is 21.1. The summed E-state index contributed by atoms with van der Waals surface area (Å²) in [5.41, 5.74) is -0.0504. The van der Waals surface area contributed by atoms with Crippen molar-refractivity contribution < 1.29 is 14.6 Å². The molecule has 6 nitrogen and oxygen atoms in total. The Labute approximate surface area is 160 Å². The Morgan fingerprint density at radius 1 is 1.42 bits per heavy atom. The van der Waals surface area contributed by atoms with Crippen molar-refractivity contribution >= 4 is 17.2 Å². The smallest absolute Gasteiger partial charge is 0.273 e. The molecule has 1 heterocycles. The third-order valence-corrected chi connectivity index (χ3v) is 5.43. The van der Waals surface area contributed by atoms with Gasteiger partial charge in [0.2, 0.25) is 0 Å². The second-order valence-electron chi connectivity index (χ2n) is 8.13. The molecule has 2 rings (SSSR count). The van der Waals surface area contributed by atoms with Gasteiger partial charge < -0.3 is 20.5 Å². The average molecular weight is 384 g/mol. The minimum absolute atomic E-state index is 0.0504. The molecule has 1 fully saturated rings. The molecule has 0 bridgehead atoms. The summed E-state index contributed by atoms with van der Waals surface area (Å²) in [6, 6.07) is 0. The van der Waals surface area contributed by atoms with Crippen LogP contribution in [0.3, 0.4) is 0 Å². The second-order valence-corrected chi connectivity index (χ2v) is 9.13. The van der Waals surface area contributed by atoms with Gasteiger partial charge in [0, 0.05) is 18.6 Å². The van der Waals surface area contributed by atoms with Crippen molar-refractivity contribution in [1.29, 1.82) is 0 Å². The standard InChI is InChI=1S/C19H33N3O3S/c1-19(2,3)22-11-15(23)13-25-18-21-12-16(26-18)17(24)20-10-6-9-14-7-4-5-8-14/h12,14-15,22-23H,4-11,13H2,1-3H3,(H,20,24). The molecular formula is C19H33N3O3S. The van der Waals surface area contributed by atoms with Crippen LogP contribution in [0, 0.1) is 5.92 Å². The summed E-state index contributed by atoms with van der Waals surface area (Å²) in [6.07, 6.45) is 8.57. The van der Waals surface area contributed by atoms with E-state index in [0.717, 1.165) is 12.3 Å². The highest BCUT2D eigenvalue weighted by molar-refractivity contribution is 7.15. The van der Waals surface area contributed by atoms with Crippen molar-refractivity contribution in [2.45, 2.75) is 70.9 Å². The van der Waals surface area contributed by atoms with Gasteiger partial charge in [-0.05, 0) is 39.5 Å². The first-order valence-electron chi connectivity index (χ1n) is 9.63. The van der Waals surface area contributed by atoms with E-state index in [9.17, 15) is 9.90 Å². The normalized spacial score (nSPS) is 16.6. The lowest BCUT2D eigenvalue weighted by Crippen LogP contribution is -2.42. The number of carbonyl (C=O) groups is 1. The van der Waals surface area contributed by atoms with Gasteiger partial charge in [-0.15, -0.1) is 0 Å². The highest BCUT2D eigenvalue weighted by atomic mass is 32.1. The van der Waals surface area contributed by atoms with Crippen molar-refractivity contribution in [3.8, 4) is 5.19 Å².